The summed E-state index contributed by atoms with van der Waals surface area (Å²) in [5.41, 5.74) is 1.08. The number of rotatable bonds is 2. The van der Waals surface area contributed by atoms with Crippen LogP contribution in [0.4, 0.5) is 0 Å². The second-order valence-electron chi connectivity index (χ2n) is 5.81. The van der Waals surface area contributed by atoms with Crippen LogP contribution in [-0.2, 0) is 22.6 Å². The normalized spacial score (nSPS) is 29.2. The molecule has 3 N–H and O–H groups in total. The summed E-state index contributed by atoms with van der Waals surface area (Å²) < 4.78 is 0. The van der Waals surface area contributed by atoms with Crippen molar-refractivity contribution in [3.05, 3.63) is 17.7 Å². The van der Waals surface area contributed by atoms with Gasteiger partial charge in [-0.3, -0.25) is 4.79 Å². The van der Waals surface area contributed by atoms with Crippen LogP contribution in [0.15, 0.2) is 6.33 Å². The third-order valence-corrected chi connectivity index (χ3v) is 4.33. The number of aromatic amines is 1. The molecule has 3 heterocycles. The van der Waals surface area contributed by atoms with Gasteiger partial charge in [0.15, 0.2) is 0 Å². The summed E-state index contributed by atoms with van der Waals surface area (Å²) in [6, 6.07) is -0.823. The standard InChI is InChI=1S/C13H18N4O3/c1-13(2-3-14-6-13)12(20)17-5-9-8(15-7-16-9)4-10(17)11(18)19/h7,10,14H,2-6H2,1H3,(H,15,16)(H,18,19). The van der Waals surface area contributed by atoms with Crippen molar-refractivity contribution < 1.29 is 14.7 Å². The molecule has 0 aliphatic carbocycles. The quantitative estimate of drug-likeness (QED) is 0.693. The minimum Gasteiger partial charge on any atom is -0.480 e. The smallest absolute Gasteiger partial charge is 0.326 e. The summed E-state index contributed by atoms with van der Waals surface area (Å²) in [6.45, 7) is 3.59. The largest absolute Gasteiger partial charge is 0.480 e. The lowest BCUT2D eigenvalue weighted by Gasteiger charge is -2.37. The Labute approximate surface area is 116 Å². The average Bonchev–Trinajstić information content (AvgIpc) is 3.05. The zero-order valence-corrected chi connectivity index (χ0v) is 11.3. The predicted molar refractivity (Wildman–Crippen MR) is 69.9 cm³/mol. The number of fused-ring (bicyclic) bond motifs is 1. The van der Waals surface area contributed by atoms with Crippen molar-refractivity contribution in [2.45, 2.75) is 32.4 Å². The van der Waals surface area contributed by atoms with E-state index >= 15 is 0 Å². The summed E-state index contributed by atoms with van der Waals surface area (Å²) >= 11 is 0. The maximum absolute atomic E-state index is 12.8. The molecule has 2 unspecified atom stereocenters. The minimum atomic E-state index is -0.971. The van der Waals surface area contributed by atoms with E-state index in [0.29, 0.717) is 13.1 Å². The van der Waals surface area contributed by atoms with E-state index < -0.39 is 17.4 Å². The van der Waals surface area contributed by atoms with Crippen molar-refractivity contribution in [1.29, 1.82) is 0 Å². The van der Waals surface area contributed by atoms with Gasteiger partial charge in [-0.25, -0.2) is 9.78 Å². The van der Waals surface area contributed by atoms with Crippen LogP contribution in [-0.4, -0.2) is 51.0 Å². The van der Waals surface area contributed by atoms with Gasteiger partial charge in [-0.15, -0.1) is 0 Å². The summed E-state index contributed by atoms with van der Waals surface area (Å²) in [5.74, 6) is -1.06. The number of imidazole rings is 1. The first-order chi connectivity index (χ1) is 9.51. The molecular weight excluding hydrogens is 260 g/mol. The van der Waals surface area contributed by atoms with Crippen LogP contribution >= 0.6 is 0 Å². The summed E-state index contributed by atoms with van der Waals surface area (Å²) in [5, 5.41) is 12.6. The molecule has 2 atom stereocenters. The number of nitrogens with one attached hydrogen (secondary N) is 2. The van der Waals surface area contributed by atoms with Gasteiger partial charge >= 0.3 is 5.97 Å². The lowest BCUT2D eigenvalue weighted by molar-refractivity contribution is -0.155. The Morgan fingerprint density at radius 1 is 1.55 bits per heavy atom. The molecule has 2 aliphatic rings. The lowest BCUT2D eigenvalue weighted by atomic mass is 9.86. The van der Waals surface area contributed by atoms with Crippen LogP contribution in [0.5, 0.6) is 0 Å². The molecule has 20 heavy (non-hydrogen) atoms. The maximum Gasteiger partial charge on any atom is 0.326 e. The SMILES string of the molecule is CC1(C(=O)N2Cc3[nH]cnc3CC2C(=O)O)CCNC1. The monoisotopic (exact) mass is 278 g/mol. The van der Waals surface area contributed by atoms with Crippen molar-refractivity contribution in [3.8, 4) is 0 Å². The third kappa shape index (κ3) is 1.98. The second-order valence-corrected chi connectivity index (χ2v) is 5.81. The number of carbonyl (C=O) groups excluding carboxylic acids is 1. The Kier molecular flexibility index (Phi) is 3.01. The van der Waals surface area contributed by atoms with E-state index in [0.717, 1.165) is 24.4 Å². The van der Waals surface area contributed by atoms with Gasteiger partial charge in [0.2, 0.25) is 5.91 Å². The highest BCUT2D eigenvalue weighted by Crippen LogP contribution is 2.31. The van der Waals surface area contributed by atoms with E-state index in [9.17, 15) is 14.7 Å². The minimum absolute atomic E-state index is 0.0878. The number of carbonyl (C=O) groups is 2. The molecule has 1 aromatic heterocycles. The summed E-state index contributed by atoms with van der Waals surface area (Å²) in [6.07, 6.45) is 2.56. The Hall–Kier alpha value is -1.89. The fourth-order valence-electron chi connectivity index (χ4n) is 3.02. The number of carboxylic acids is 1. The van der Waals surface area contributed by atoms with Crippen LogP contribution in [0.3, 0.4) is 0 Å². The van der Waals surface area contributed by atoms with E-state index in [-0.39, 0.29) is 12.3 Å². The Morgan fingerprint density at radius 3 is 3.00 bits per heavy atom. The number of carboxylic acid groups (broad SMARTS) is 1. The Bertz CT molecular complexity index is 548. The van der Waals surface area contributed by atoms with Gasteiger partial charge in [0.25, 0.3) is 0 Å². The summed E-state index contributed by atoms with van der Waals surface area (Å²) in [7, 11) is 0. The fourth-order valence-corrected chi connectivity index (χ4v) is 3.02. The van der Waals surface area contributed by atoms with E-state index in [2.05, 4.69) is 15.3 Å². The zero-order chi connectivity index (χ0) is 14.3. The first kappa shape index (κ1) is 13.1. The second kappa shape index (κ2) is 4.59. The average molecular weight is 278 g/mol. The highest BCUT2D eigenvalue weighted by molar-refractivity contribution is 5.88. The van der Waals surface area contributed by atoms with Gasteiger partial charge in [0.1, 0.15) is 6.04 Å². The van der Waals surface area contributed by atoms with Gasteiger partial charge < -0.3 is 20.3 Å². The molecule has 2 aliphatic heterocycles. The van der Waals surface area contributed by atoms with Gasteiger partial charge in [-0.2, -0.15) is 0 Å². The number of aliphatic carboxylic acids is 1. The molecule has 0 bridgehead atoms. The van der Waals surface area contributed by atoms with Gasteiger partial charge in [-0.1, -0.05) is 0 Å². The van der Waals surface area contributed by atoms with Crippen molar-refractivity contribution in [3.63, 3.8) is 0 Å². The molecule has 108 valence electrons. The zero-order valence-electron chi connectivity index (χ0n) is 11.3. The van der Waals surface area contributed by atoms with Crippen LogP contribution in [0.25, 0.3) is 0 Å². The van der Waals surface area contributed by atoms with Crippen LogP contribution < -0.4 is 5.32 Å². The summed E-state index contributed by atoms with van der Waals surface area (Å²) in [4.78, 5) is 32.8. The van der Waals surface area contributed by atoms with Crippen molar-refractivity contribution in [2.75, 3.05) is 13.1 Å². The number of H-pyrrole nitrogens is 1. The Morgan fingerprint density at radius 2 is 2.35 bits per heavy atom. The number of aromatic nitrogens is 2. The third-order valence-electron chi connectivity index (χ3n) is 4.33. The van der Waals surface area contributed by atoms with Crippen LogP contribution in [0.2, 0.25) is 0 Å². The van der Waals surface area contributed by atoms with Gasteiger partial charge in [-0.05, 0) is 19.9 Å². The van der Waals surface area contributed by atoms with E-state index in [1.165, 1.54) is 4.90 Å². The molecule has 1 aromatic rings. The van der Waals surface area contributed by atoms with Crippen LogP contribution in [0.1, 0.15) is 24.7 Å². The molecule has 3 rings (SSSR count). The van der Waals surface area contributed by atoms with Gasteiger partial charge in [0.05, 0.1) is 29.7 Å². The van der Waals surface area contributed by atoms with E-state index in [4.69, 9.17) is 0 Å². The maximum atomic E-state index is 12.8. The van der Waals surface area contributed by atoms with Crippen LogP contribution in [0, 0.1) is 5.41 Å². The molecule has 0 spiro atoms. The Balaban J connectivity index is 1.90. The molecule has 1 amide bonds. The molecule has 1 saturated heterocycles. The number of amides is 1. The topological polar surface area (TPSA) is 98.3 Å². The van der Waals surface area contributed by atoms with E-state index in [1.54, 1.807) is 6.33 Å². The van der Waals surface area contributed by atoms with Crippen molar-refractivity contribution >= 4 is 11.9 Å². The highest BCUT2D eigenvalue weighted by atomic mass is 16.4. The molecule has 1 fully saturated rings. The number of hydrogen-bond donors (Lipinski definition) is 3. The molecular formula is C13H18N4O3. The van der Waals surface area contributed by atoms with E-state index in [1.807, 2.05) is 6.92 Å². The first-order valence-corrected chi connectivity index (χ1v) is 6.77. The molecule has 7 nitrogen and oxygen atoms in total. The number of hydrogen-bond acceptors (Lipinski definition) is 4. The van der Waals surface area contributed by atoms with Gasteiger partial charge in [0, 0.05) is 13.0 Å². The predicted octanol–water partition coefficient (Wildman–Crippen LogP) is -0.253. The lowest BCUT2D eigenvalue weighted by Crippen LogP contribution is -2.53. The number of nitrogens with zero attached hydrogens (tertiary/aromatic N) is 2. The molecule has 0 aromatic carbocycles. The van der Waals surface area contributed by atoms with Crippen molar-refractivity contribution in [2.24, 2.45) is 5.41 Å². The molecule has 0 radical (unpaired) electrons. The molecule has 7 heteroatoms. The first-order valence-electron chi connectivity index (χ1n) is 6.77. The van der Waals surface area contributed by atoms with Crippen molar-refractivity contribution in [1.82, 2.24) is 20.2 Å². The highest BCUT2D eigenvalue weighted by Gasteiger charge is 2.44. The fraction of sp³-hybridized carbons (Fsp3) is 0.615. The molecule has 0 saturated carbocycles.